The molecule has 1 aromatic carbocycles. The van der Waals surface area contributed by atoms with E-state index in [2.05, 4.69) is 15.2 Å². The van der Waals surface area contributed by atoms with E-state index < -0.39 is 0 Å². The Morgan fingerprint density at radius 3 is 2.93 bits per heavy atom. The highest BCUT2D eigenvalue weighted by Gasteiger charge is 2.03. The molecule has 4 heteroatoms. The molecule has 2 heterocycles. The summed E-state index contributed by atoms with van der Waals surface area (Å²) in [7, 11) is 0. The van der Waals surface area contributed by atoms with E-state index in [9.17, 15) is 4.79 Å². The Morgan fingerprint density at radius 1 is 1.14 bits per heavy atom. The molecule has 0 aliphatic carbocycles. The Morgan fingerprint density at radius 2 is 2.00 bits per heavy atom. The summed E-state index contributed by atoms with van der Waals surface area (Å²) in [4.78, 5) is 15.6. The number of nitrogens with one attached hydrogen (secondary N) is 2. The molecule has 4 nitrogen and oxygen atoms in total. The van der Waals surface area contributed by atoms with Gasteiger partial charge in [-0.2, -0.15) is 0 Å². The summed E-state index contributed by atoms with van der Waals surface area (Å²) < 4.78 is 0. The molecule has 0 spiro atoms. The molecular weight excluding hydrogens is 178 g/mol. The van der Waals surface area contributed by atoms with Crippen molar-refractivity contribution in [2.45, 2.75) is 0 Å². The van der Waals surface area contributed by atoms with E-state index in [0.29, 0.717) is 11.0 Å². The fourth-order valence-corrected chi connectivity index (χ4v) is 1.57. The minimum Gasteiger partial charge on any atom is -0.281 e. The Kier molecular flexibility index (Phi) is 1.28. The monoisotopic (exact) mass is 185 g/mol. The lowest BCUT2D eigenvalue weighted by Gasteiger charge is -1.94. The molecule has 0 atom stereocenters. The van der Waals surface area contributed by atoms with Crippen molar-refractivity contribution in [3.8, 4) is 0 Å². The molecule has 3 aromatic rings. The lowest BCUT2D eigenvalue weighted by Crippen LogP contribution is -1.97. The third-order valence-corrected chi connectivity index (χ3v) is 2.26. The number of hydrogen-bond acceptors (Lipinski definition) is 2. The zero-order valence-electron chi connectivity index (χ0n) is 7.24. The summed E-state index contributed by atoms with van der Waals surface area (Å²) in [6.45, 7) is 0. The second-order valence-corrected chi connectivity index (χ2v) is 3.16. The minimum absolute atomic E-state index is 0.127. The summed E-state index contributed by atoms with van der Waals surface area (Å²) in [5.41, 5.74) is 1.36. The molecule has 14 heavy (non-hydrogen) atoms. The normalized spacial score (nSPS) is 11.1. The number of nitrogens with zero attached hydrogens (tertiary/aromatic N) is 1. The van der Waals surface area contributed by atoms with Gasteiger partial charge in [-0.15, -0.1) is 0 Å². The van der Waals surface area contributed by atoms with Gasteiger partial charge < -0.3 is 0 Å². The van der Waals surface area contributed by atoms with Crippen molar-refractivity contribution < 1.29 is 0 Å². The van der Waals surface area contributed by atoms with E-state index >= 15 is 0 Å². The maximum Gasteiger partial charge on any atom is 0.273 e. The molecular formula is C10H7N3O. The maximum absolute atomic E-state index is 11.3. The van der Waals surface area contributed by atoms with E-state index in [1.807, 2.05) is 30.3 Å². The van der Waals surface area contributed by atoms with Gasteiger partial charge in [0.05, 0.1) is 10.9 Å². The number of hydrogen-bond donors (Lipinski definition) is 2. The largest absolute Gasteiger partial charge is 0.281 e. The van der Waals surface area contributed by atoms with Gasteiger partial charge >= 0.3 is 0 Å². The zero-order valence-corrected chi connectivity index (χ0v) is 7.24. The van der Waals surface area contributed by atoms with Crippen molar-refractivity contribution in [2.75, 3.05) is 0 Å². The second-order valence-electron chi connectivity index (χ2n) is 3.16. The Hall–Kier alpha value is -2.10. The number of benzene rings is 1. The Labute approximate surface area is 78.6 Å². The first-order valence-corrected chi connectivity index (χ1v) is 4.31. The number of fused-ring (bicyclic) bond motifs is 2. The maximum atomic E-state index is 11.3. The summed E-state index contributed by atoms with van der Waals surface area (Å²) in [6.07, 6.45) is 0. The van der Waals surface area contributed by atoms with Crippen LogP contribution in [-0.2, 0) is 0 Å². The highest BCUT2D eigenvalue weighted by Crippen LogP contribution is 2.14. The Bertz CT molecular complexity index is 665. The van der Waals surface area contributed by atoms with Crippen LogP contribution >= 0.6 is 0 Å². The van der Waals surface area contributed by atoms with Crippen molar-refractivity contribution in [2.24, 2.45) is 0 Å². The number of rotatable bonds is 0. The third-order valence-electron chi connectivity index (χ3n) is 2.26. The number of H-pyrrole nitrogens is 2. The average molecular weight is 185 g/mol. The quantitative estimate of drug-likeness (QED) is 0.556. The average Bonchev–Trinajstić information content (AvgIpc) is 2.57. The van der Waals surface area contributed by atoms with Crippen LogP contribution in [-0.4, -0.2) is 15.2 Å². The third kappa shape index (κ3) is 0.877. The van der Waals surface area contributed by atoms with Crippen LogP contribution < -0.4 is 5.56 Å². The molecule has 0 aliphatic heterocycles. The molecule has 0 aliphatic rings. The van der Waals surface area contributed by atoms with Crippen molar-refractivity contribution in [1.82, 2.24) is 15.2 Å². The Balaban J connectivity index is 2.61. The lowest BCUT2D eigenvalue weighted by molar-refractivity contribution is 1.07. The first-order valence-electron chi connectivity index (χ1n) is 4.31. The van der Waals surface area contributed by atoms with Gasteiger partial charge in [-0.1, -0.05) is 18.2 Å². The first-order chi connectivity index (χ1) is 6.84. The standard InChI is InChI=1S/C10H7N3O/c14-10-7-5-6-3-1-2-4-8(6)11-9(7)12-13-10/h1-5H,(H2,11,12,13,14). The number of pyridine rings is 1. The van der Waals surface area contributed by atoms with E-state index in [-0.39, 0.29) is 5.56 Å². The fraction of sp³-hybridized carbons (Fsp3) is 0. The van der Waals surface area contributed by atoms with Crippen molar-refractivity contribution in [1.29, 1.82) is 0 Å². The molecule has 2 N–H and O–H groups in total. The highest BCUT2D eigenvalue weighted by molar-refractivity contribution is 5.90. The van der Waals surface area contributed by atoms with E-state index in [4.69, 9.17) is 0 Å². The molecule has 0 fully saturated rings. The van der Waals surface area contributed by atoms with Crippen molar-refractivity contribution in [3.63, 3.8) is 0 Å². The van der Waals surface area contributed by atoms with Gasteiger partial charge in [0, 0.05) is 5.39 Å². The van der Waals surface area contributed by atoms with Gasteiger partial charge in [0.2, 0.25) is 0 Å². The molecule has 0 saturated heterocycles. The van der Waals surface area contributed by atoms with Gasteiger partial charge in [0.25, 0.3) is 5.56 Å². The second kappa shape index (κ2) is 2.45. The van der Waals surface area contributed by atoms with E-state index in [0.717, 1.165) is 10.9 Å². The van der Waals surface area contributed by atoms with Gasteiger partial charge in [-0.3, -0.25) is 15.0 Å². The van der Waals surface area contributed by atoms with Crippen LogP contribution in [0.15, 0.2) is 35.1 Å². The van der Waals surface area contributed by atoms with Crippen LogP contribution in [0.3, 0.4) is 0 Å². The molecule has 68 valence electrons. The molecule has 0 bridgehead atoms. The summed E-state index contributed by atoms with van der Waals surface area (Å²) in [5.74, 6) is 0. The van der Waals surface area contributed by atoms with Crippen LogP contribution in [0.5, 0.6) is 0 Å². The van der Waals surface area contributed by atoms with Crippen molar-refractivity contribution >= 4 is 21.9 Å². The van der Waals surface area contributed by atoms with E-state index in [1.165, 1.54) is 0 Å². The molecule has 0 radical (unpaired) electrons. The van der Waals surface area contributed by atoms with Gasteiger partial charge in [0.15, 0.2) is 5.65 Å². The summed E-state index contributed by atoms with van der Waals surface area (Å²) >= 11 is 0. The fourth-order valence-electron chi connectivity index (χ4n) is 1.57. The summed E-state index contributed by atoms with van der Waals surface area (Å²) in [6, 6.07) is 9.55. The molecule has 0 amide bonds. The van der Waals surface area contributed by atoms with Crippen LogP contribution in [0.2, 0.25) is 0 Å². The molecule has 2 aromatic heterocycles. The number of aromatic nitrogens is 3. The van der Waals surface area contributed by atoms with E-state index in [1.54, 1.807) is 0 Å². The van der Waals surface area contributed by atoms with Crippen LogP contribution in [0.25, 0.3) is 21.9 Å². The van der Waals surface area contributed by atoms with Crippen LogP contribution in [0.4, 0.5) is 0 Å². The number of para-hydroxylation sites is 1. The predicted molar refractivity (Wildman–Crippen MR) is 54.2 cm³/mol. The molecule has 3 rings (SSSR count). The lowest BCUT2D eigenvalue weighted by atomic mass is 10.2. The highest BCUT2D eigenvalue weighted by atomic mass is 16.1. The SMILES string of the molecule is O=c1[nH][nH]c2nc3ccccc3cc12. The van der Waals surface area contributed by atoms with Crippen LogP contribution in [0.1, 0.15) is 0 Å². The smallest absolute Gasteiger partial charge is 0.273 e. The predicted octanol–water partition coefficient (Wildman–Crippen LogP) is 1.40. The topological polar surface area (TPSA) is 61.5 Å². The van der Waals surface area contributed by atoms with Crippen molar-refractivity contribution in [3.05, 3.63) is 40.7 Å². The van der Waals surface area contributed by atoms with Gasteiger partial charge in [0.1, 0.15) is 0 Å². The van der Waals surface area contributed by atoms with Crippen LogP contribution in [0, 0.1) is 0 Å². The van der Waals surface area contributed by atoms with Gasteiger partial charge in [-0.25, -0.2) is 4.98 Å². The minimum atomic E-state index is -0.127. The molecule has 0 saturated carbocycles. The number of aromatic amines is 2. The first kappa shape index (κ1) is 7.32. The van der Waals surface area contributed by atoms with Gasteiger partial charge in [-0.05, 0) is 12.1 Å². The zero-order chi connectivity index (χ0) is 9.54. The summed E-state index contributed by atoms with van der Waals surface area (Å²) in [5, 5.41) is 6.82. The molecule has 0 unspecified atom stereocenters.